The van der Waals surface area contributed by atoms with Gasteiger partial charge in [-0.1, -0.05) is 36.4 Å². The molecule has 0 saturated carbocycles. The highest BCUT2D eigenvalue weighted by atomic mass is 16.7. The molecule has 0 spiro atoms. The Balaban J connectivity index is 2.44. The Kier molecular flexibility index (Phi) is 6.32. The first-order valence-corrected chi connectivity index (χ1v) is 5.83. The third-order valence-corrected chi connectivity index (χ3v) is 2.46. The molecule has 1 amide bonds. The fourth-order valence-corrected chi connectivity index (χ4v) is 1.46. The Morgan fingerprint density at radius 3 is 2.63 bits per heavy atom. The number of esters is 1. The topological polar surface area (TPSA) is 64.6 Å². The summed E-state index contributed by atoms with van der Waals surface area (Å²) in [5.74, 6) is -2.08. The molecule has 0 fully saturated rings. The van der Waals surface area contributed by atoms with Gasteiger partial charge in [0.2, 0.25) is 0 Å². The smallest absolute Gasteiger partial charge is 0.318 e. The number of hydroxylamine groups is 1. The van der Waals surface area contributed by atoms with Crippen molar-refractivity contribution in [1.29, 1.82) is 0 Å². The summed E-state index contributed by atoms with van der Waals surface area (Å²) in [5, 5.41) is 0. The second-order valence-electron chi connectivity index (χ2n) is 3.84. The summed E-state index contributed by atoms with van der Waals surface area (Å²) < 4.78 is 4.55. The molecule has 0 aliphatic carbocycles. The van der Waals surface area contributed by atoms with Crippen LogP contribution in [0.4, 0.5) is 0 Å². The molecule has 1 N–H and O–H groups in total. The summed E-state index contributed by atoms with van der Waals surface area (Å²) in [7, 11) is 1.23. The highest BCUT2D eigenvalue weighted by Crippen LogP contribution is 2.07. The van der Waals surface area contributed by atoms with Gasteiger partial charge >= 0.3 is 5.97 Å². The Morgan fingerprint density at radius 2 is 2.05 bits per heavy atom. The predicted molar refractivity (Wildman–Crippen MR) is 69.7 cm³/mol. The largest absolute Gasteiger partial charge is 0.468 e. The summed E-state index contributed by atoms with van der Waals surface area (Å²) in [4.78, 5) is 28.2. The van der Waals surface area contributed by atoms with E-state index in [-0.39, 0.29) is 13.0 Å². The van der Waals surface area contributed by atoms with Crippen molar-refractivity contribution in [2.24, 2.45) is 5.92 Å². The van der Waals surface area contributed by atoms with E-state index >= 15 is 0 Å². The van der Waals surface area contributed by atoms with Gasteiger partial charge in [0.1, 0.15) is 5.92 Å². The molecule has 0 aliphatic rings. The third kappa shape index (κ3) is 4.93. The zero-order chi connectivity index (χ0) is 14.1. The molecule has 102 valence electrons. The van der Waals surface area contributed by atoms with Crippen LogP contribution in [0.15, 0.2) is 43.0 Å². The lowest BCUT2D eigenvalue weighted by Crippen LogP contribution is -2.35. The molecule has 5 heteroatoms. The minimum atomic E-state index is -0.932. The zero-order valence-electron chi connectivity index (χ0n) is 10.8. The summed E-state index contributed by atoms with van der Waals surface area (Å²) in [5.41, 5.74) is 3.16. The number of hydrogen-bond acceptors (Lipinski definition) is 4. The average molecular weight is 263 g/mol. The SMILES string of the molecule is C=CC[C@H](C(=O)NOCc1ccccc1)C(=O)OC. The van der Waals surface area contributed by atoms with Crippen LogP contribution < -0.4 is 5.48 Å². The van der Waals surface area contributed by atoms with Gasteiger partial charge in [0, 0.05) is 0 Å². The maximum atomic E-state index is 11.7. The minimum Gasteiger partial charge on any atom is -0.468 e. The van der Waals surface area contributed by atoms with E-state index in [2.05, 4.69) is 16.8 Å². The van der Waals surface area contributed by atoms with Crippen molar-refractivity contribution in [3.05, 3.63) is 48.6 Å². The Morgan fingerprint density at radius 1 is 1.37 bits per heavy atom. The third-order valence-electron chi connectivity index (χ3n) is 2.46. The van der Waals surface area contributed by atoms with Crippen LogP contribution in [0.25, 0.3) is 0 Å². The van der Waals surface area contributed by atoms with Crippen LogP contribution in [-0.4, -0.2) is 19.0 Å². The van der Waals surface area contributed by atoms with Crippen LogP contribution in [0.2, 0.25) is 0 Å². The van der Waals surface area contributed by atoms with Crippen LogP contribution in [0.1, 0.15) is 12.0 Å². The Labute approximate surface area is 112 Å². The average Bonchev–Trinajstić information content (AvgIpc) is 2.45. The normalized spacial score (nSPS) is 11.4. The van der Waals surface area contributed by atoms with Gasteiger partial charge in [-0.3, -0.25) is 14.4 Å². The number of ether oxygens (including phenoxy) is 1. The van der Waals surface area contributed by atoms with E-state index in [1.54, 1.807) is 0 Å². The van der Waals surface area contributed by atoms with Gasteiger partial charge in [-0.15, -0.1) is 6.58 Å². The first-order valence-electron chi connectivity index (χ1n) is 5.83. The predicted octanol–water partition coefficient (Wildman–Crippen LogP) is 1.60. The first-order chi connectivity index (χ1) is 9.19. The van der Waals surface area contributed by atoms with Gasteiger partial charge in [0.05, 0.1) is 13.7 Å². The van der Waals surface area contributed by atoms with E-state index in [1.165, 1.54) is 13.2 Å². The lowest BCUT2D eigenvalue weighted by Gasteiger charge is -2.12. The fourth-order valence-electron chi connectivity index (χ4n) is 1.46. The molecule has 0 aliphatic heterocycles. The van der Waals surface area contributed by atoms with Gasteiger partial charge in [0.15, 0.2) is 0 Å². The highest BCUT2D eigenvalue weighted by molar-refractivity contribution is 5.97. The van der Waals surface area contributed by atoms with Crippen molar-refractivity contribution in [3.8, 4) is 0 Å². The molecule has 0 unspecified atom stereocenters. The molecule has 1 atom stereocenters. The molecule has 0 heterocycles. The number of carbonyl (C=O) groups excluding carboxylic acids is 2. The van der Waals surface area contributed by atoms with Gasteiger partial charge in [-0.05, 0) is 12.0 Å². The molecule has 0 saturated heterocycles. The van der Waals surface area contributed by atoms with Gasteiger partial charge in [0.25, 0.3) is 5.91 Å². The van der Waals surface area contributed by atoms with Crippen molar-refractivity contribution >= 4 is 11.9 Å². The van der Waals surface area contributed by atoms with Crippen molar-refractivity contribution in [2.45, 2.75) is 13.0 Å². The second-order valence-corrected chi connectivity index (χ2v) is 3.84. The number of methoxy groups -OCH3 is 1. The number of benzene rings is 1. The molecule has 1 aromatic rings. The van der Waals surface area contributed by atoms with E-state index < -0.39 is 17.8 Å². The number of rotatable bonds is 7. The Bertz CT molecular complexity index is 430. The molecule has 19 heavy (non-hydrogen) atoms. The molecule has 5 nitrogen and oxygen atoms in total. The van der Waals surface area contributed by atoms with Crippen molar-refractivity contribution in [2.75, 3.05) is 7.11 Å². The van der Waals surface area contributed by atoms with Gasteiger partial charge in [-0.25, -0.2) is 5.48 Å². The molecular formula is C14H17NO4. The van der Waals surface area contributed by atoms with E-state index in [0.29, 0.717) is 0 Å². The van der Waals surface area contributed by atoms with Gasteiger partial charge in [-0.2, -0.15) is 0 Å². The van der Waals surface area contributed by atoms with E-state index in [9.17, 15) is 9.59 Å². The number of allylic oxidation sites excluding steroid dienone is 1. The van der Waals surface area contributed by atoms with Crippen LogP contribution in [0, 0.1) is 5.92 Å². The monoisotopic (exact) mass is 263 g/mol. The minimum absolute atomic E-state index is 0.202. The Hall–Kier alpha value is -2.14. The first kappa shape index (κ1) is 14.9. The van der Waals surface area contributed by atoms with Crippen LogP contribution in [0.3, 0.4) is 0 Å². The number of carbonyl (C=O) groups is 2. The summed E-state index contributed by atoms with van der Waals surface area (Å²) in [6, 6.07) is 9.37. The van der Waals surface area contributed by atoms with E-state index in [0.717, 1.165) is 5.56 Å². The van der Waals surface area contributed by atoms with Gasteiger partial charge < -0.3 is 4.74 Å². The summed E-state index contributed by atoms with van der Waals surface area (Å²) >= 11 is 0. The van der Waals surface area contributed by atoms with Crippen LogP contribution in [0.5, 0.6) is 0 Å². The number of nitrogens with one attached hydrogen (secondary N) is 1. The van der Waals surface area contributed by atoms with Crippen molar-refractivity contribution in [1.82, 2.24) is 5.48 Å². The second kappa shape index (κ2) is 8.05. The number of hydrogen-bond donors (Lipinski definition) is 1. The summed E-state index contributed by atoms with van der Waals surface area (Å²) in [6.07, 6.45) is 1.69. The molecule has 0 aromatic heterocycles. The van der Waals surface area contributed by atoms with Crippen LogP contribution >= 0.6 is 0 Å². The molecule has 0 bridgehead atoms. The van der Waals surface area contributed by atoms with E-state index in [1.807, 2.05) is 30.3 Å². The quantitative estimate of drug-likeness (QED) is 0.351. The fraction of sp³-hybridized carbons (Fsp3) is 0.286. The molecule has 0 radical (unpaired) electrons. The van der Waals surface area contributed by atoms with Crippen LogP contribution in [-0.2, 0) is 25.8 Å². The summed E-state index contributed by atoms with van der Waals surface area (Å²) in [6.45, 7) is 3.73. The number of amides is 1. The maximum absolute atomic E-state index is 11.7. The zero-order valence-corrected chi connectivity index (χ0v) is 10.8. The maximum Gasteiger partial charge on any atom is 0.318 e. The van der Waals surface area contributed by atoms with Crippen molar-refractivity contribution in [3.63, 3.8) is 0 Å². The standard InChI is InChI=1S/C14H17NO4/c1-3-7-12(14(17)18-2)13(16)15-19-10-11-8-5-4-6-9-11/h3-6,8-9,12H,1,7,10H2,2H3,(H,15,16)/t12-/m1/s1. The lowest BCUT2D eigenvalue weighted by atomic mass is 10.1. The highest BCUT2D eigenvalue weighted by Gasteiger charge is 2.26. The van der Waals surface area contributed by atoms with E-state index in [4.69, 9.17) is 4.84 Å². The molecule has 1 rings (SSSR count). The molecule has 1 aromatic carbocycles. The lowest BCUT2D eigenvalue weighted by molar-refractivity contribution is -0.154. The van der Waals surface area contributed by atoms with Crippen molar-refractivity contribution < 1.29 is 19.2 Å². The molecular weight excluding hydrogens is 246 g/mol.